The minimum atomic E-state index is -1.25. The summed E-state index contributed by atoms with van der Waals surface area (Å²) in [6.45, 7) is -0.418. The molecular weight excluding hydrogens is 256 g/mol. The molecule has 0 aromatic carbocycles. The first-order chi connectivity index (χ1) is 9.13. The normalized spacial score (nSPS) is 31.1. The number of hydrogen-bond acceptors (Lipinski definition) is 9. The quantitative estimate of drug-likeness (QED) is 0.459. The lowest BCUT2D eigenvalue weighted by Gasteiger charge is -2.14. The average Bonchev–Trinajstić information content (AvgIpc) is 2.94. The molecule has 0 bridgehead atoms. The van der Waals surface area contributed by atoms with Crippen molar-refractivity contribution in [2.24, 2.45) is 0 Å². The second-order valence-electron chi connectivity index (χ2n) is 4.19. The van der Waals surface area contributed by atoms with Crippen LogP contribution in [0.3, 0.4) is 0 Å². The first kappa shape index (κ1) is 12.2. The predicted molar refractivity (Wildman–Crippen MR) is 60.5 cm³/mol. The Morgan fingerprint density at radius 1 is 1.32 bits per heavy atom. The van der Waals surface area contributed by atoms with E-state index in [1.165, 1.54) is 11.0 Å². The van der Waals surface area contributed by atoms with Gasteiger partial charge in [-0.15, -0.1) is 5.10 Å². The van der Waals surface area contributed by atoms with Crippen molar-refractivity contribution in [3.05, 3.63) is 6.33 Å². The van der Waals surface area contributed by atoms with Crippen molar-refractivity contribution in [1.29, 1.82) is 0 Å². The molecule has 19 heavy (non-hydrogen) atoms. The molecule has 3 heterocycles. The van der Waals surface area contributed by atoms with Gasteiger partial charge in [-0.3, -0.25) is 0 Å². The van der Waals surface area contributed by atoms with Crippen molar-refractivity contribution in [1.82, 2.24) is 25.0 Å². The van der Waals surface area contributed by atoms with Gasteiger partial charge in [-0.2, -0.15) is 4.68 Å². The van der Waals surface area contributed by atoms with Crippen molar-refractivity contribution in [2.45, 2.75) is 24.5 Å². The summed E-state index contributed by atoms with van der Waals surface area (Å²) in [5, 5.41) is 36.2. The van der Waals surface area contributed by atoms with Crippen molar-refractivity contribution in [2.75, 3.05) is 12.3 Å². The van der Waals surface area contributed by atoms with E-state index in [4.69, 9.17) is 15.6 Å². The zero-order valence-electron chi connectivity index (χ0n) is 9.66. The summed E-state index contributed by atoms with van der Waals surface area (Å²) in [5.74, 6) is 0.156. The Bertz CT molecular complexity index is 603. The number of hydrogen-bond donors (Lipinski definition) is 4. The van der Waals surface area contributed by atoms with E-state index in [0.29, 0.717) is 0 Å². The maximum Gasteiger partial charge on any atom is 0.186 e. The lowest BCUT2D eigenvalue weighted by Crippen LogP contribution is -2.33. The molecule has 10 nitrogen and oxygen atoms in total. The molecule has 0 spiro atoms. The molecule has 3 rings (SSSR count). The lowest BCUT2D eigenvalue weighted by molar-refractivity contribution is -0.0574. The van der Waals surface area contributed by atoms with Gasteiger partial charge in [0.15, 0.2) is 23.2 Å². The van der Waals surface area contributed by atoms with Crippen LogP contribution in [0.4, 0.5) is 5.82 Å². The molecule has 1 saturated heterocycles. The summed E-state index contributed by atoms with van der Waals surface area (Å²) in [4.78, 5) is 7.74. The van der Waals surface area contributed by atoms with Crippen molar-refractivity contribution >= 4 is 17.0 Å². The van der Waals surface area contributed by atoms with Gasteiger partial charge >= 0.3 is 0 Å². The Balaban J connectivity index is 2.04. The van der Waals surface area contributed by atoms with Gasteiger partial charge in [0.25, 0.3) is 0 Å². The van der Waals surface area contributed by atoms with Gasteiger partial charge in [-0.25, -0.2) is 9.97 Å². The maximum atomic E-state index is 9.91. The molecule has 0 radical (unpaired) electrons. The third-order valence-electron chi connectivity index (χ3n) is 3.05. The molecule has 0 amide bonds. The van der Waals surface area contributed by atoms with Crippen molar-refractivity contribution < 1.29 is 20.1 Å². The molecule has 1 aliphatic heterocycles. The molecule has 2 aromatic heterocycles. The molecule has 1 aliphatic rings. The number of aliphatic hydroxyl groups excluding tert-OH is 3. The minimum Gasteiger partial charge on any atom is -0.394 e. The number of nitrogen functional groups attached to an aromatic ring is 1. The minimum absolute atomic E-state index is 0.156. The van der Waals surface area contributed by atoms with Crippen molar-refractivity contribution in [3.8, 4) is 0 Å². The Kier molecular flexibility index (Phi) is 2.78. The highest BCUT2D eigenvalue weighted by Crippen LogP contribution is 2.30. The van der Waals surface area contributed by atoms with Gasteiger partial charge in [0.2, 0.25) is 0 Å². The van der Waals surface area contributed by atoms with Crippen LogP contribution in [0.25, 0.3) is 11.2 Å². The van der Waals surface area contributed by atoms with Crippen LogP contribution in [0, 0.1) is 0 Å². The van der Waals surface area contributed by atoms with Gasteiger partial charge in [-0.05, 0) is 0 Å². The molecular formula is C9H12N6O4. The monoisotopic (exact) mass is 268 g/mol. The number of rotatable bonds is 2. The number of fused-ring (bicyclic) bond motifs is 1. The van der Waals surface area contributed by atoms with Crippen LogP contribution < -0.4 is 5.73 Å². The zero-order chi connectivity index (χ0) is 13.6. The molecule has 5 N–H and O–H groups in total. The van der Waals surface area contributed by atoms with E-state index in [-0.39, 0.29) is 17.0 Å². The van der Waals surface area contributed by atoms with E-state index in [9.17, 15) is 10.2 Å². The second-order valence-corrected chi connectivity index (χ2v) is 4.19. The SMILES string of the molecule is Nc1ncnc2c1nnn2C1OC(CO)C(O)C1O. The highest BCUT2D eigenvalue weighted by molar-refractivity contribution is 5.80. The lowest BCUT2D eigenvalue weighted by atomic mass is 10.1. The summed E-state index contributed by atoms with van der Waals surface area (Å²) in [7, 11) is 0. The van der Waals surface area contributed by atoms with Crippen LogP contribution in [-0.4, -0.2) is 65.2 Å². The van der Waals surface area contributed by atoms with Crippen LogP contribution in [0.1, 0.15) is 6.23 Å². The first-order valence-corrected chi connectivity index (χ1v) is 5.57. The fourth-order valence-corrected chi connectivity index (χ4v) is 2.03. The molecule has 10 heteroatoms. The topological polar surface area (TPSA) is 152 Å². The number of anilines is 1. The van der Waals surface area contributed by atoms with Crippen LogP contribution in [0.2, 0.25) is 0 Å². The fraction of sp³-hybridized carbons (Fsp3) is 0.556. The Morgan fingerprint density at radius 2 is 2.11 bits per heavy atom. The molecule has 1 fully saturated rings. The average molecular weight is 268 g/mol. The van der Waals surface area contributed by atoms with Crippen LogP contribution in [0.5, 0.6) is 0 Å². The highest BCUT2D eigenvalue weighted by atomic mass is 16.6. The Hall–Kier alpha value is -1.88. The first-order valence-electron chi connectivity index (χ1n) is 5.57. The predicted octanol–water partition coefficient (Wildman–Crippen LogP) is -2.58. The molecule has 0 saturated carbocycles. The molecule has 2 aromatic rings. The van der Waals surface area contributed by atoms with Gasteiger partial charge in [0.05, 0.1) is 6.61 Å². The standard InChI is InChI=1S/C9H12N6O4/c10-7-4-8(12-2-11-7)15(14-13-4)9-6(18)5(17)3(1-16)19-9/h2-3,5-6,9,16-18H,1H2,(H2,10,11,12). The summed E-state index contributed by atoms with van der Waals surface area (Å²) in [6.07, 6.45) is -3.12. The van der Waals surface area contributed by atoms with E-state index < -0.39 is 31.1 Å². The van der Waals surface area contributed by atoms with E-state index >= 15 is 0 Å². The molecule has 4 atom stereocenters. The highest BCUT2D eigenvalue weighted by Gasteiger charge is 2.44. The van der Waals surface area contributed by atoms with E-state index in [2.05, 4.69) is 20.3 Å². The third-order valence-corrected chi connectivity index (χ3v) is 3.05. The largest absolute Gasteiger partial charge is 0.394 e. The van der Waals surface area contributed by atoms with E-state index in [1.54, 1.807) is 0 Å². The van der Waals surface area contributed by atoms with Crippen LogP contribution in [-0.2, 0) is 4.74 Å². The second kappa shape index (κ2) is 4.35. The van der Waals surface area contributed by atoms with Gasteiger partial charge in [0, 0.05) is 0 Å². The van der Waals surface area contributed by atoms with Crippen LogP contribution in [0.15, 0.2) is 6.33 Å². The van der Waals surface area contributed by atoms with Gasteiger partial charge < -0.3 is 25.8 Å². The van der Waals surface area contributed by atoms with E-state index in [0.717, 1.165) is 0 Å². The smallest absolute Gasteiger partial charge is 0.186 e. The summed E-state index contributed by atoms with van der Waals surface area (Å²) < 4.78 is 6.54. The van der Waals surface area contributed by atoms with Gasteiger partial charge in [-0.1, -0.05) is 5.21 Å². The molecule has 102 valence electrons. The zero-order valence-corrected chi connectivity index (χ0v) is 9.66. The number of nitrogens with two attached hydrogens (primary N) is 1. The number of aliphatic hydroxyl groups is 3. The number of ether oxygens (including phenoxy) is 1. The Morgan fingerprint density at radius 3 is 2.79 bits per heavy atom. The maximum absolute atomic E-state index is 9.91. The van der Waals surface area contributed by atoms with Crippen molar-refractivity contribution in [3.63, 3.8) is 0 Å². The third kappa shape index (κ3) is 1.73. The summed E-state index contributed by atoms with van der Waals surface area (Å²) >= 11 is 0. The Labute approximate surface area is 106 Å². The van der Waals surface area contributed by atoms with E-state index in [1.807, 2.05) is 0 Å². The molecule has 4 unspecified atom stereocenters. The fourth-order valence-electron chi connectivity index (χ4n) is 2.03. The number of nitrogens with zero attached hydrogens (tertiary/aromatic N) is 5. The summed E-state index contributed by atoms with van der Waals surface area (Å²) in [5.41, 5.74) is 6.18. The molecule has 0 aliphatic carbocycles. The van der Waals surface area contributed by atoms with Gasteiger partial charge in [0.1, 0.15) is 24.6 Å². The summed E-state index contributed by atoms with van der Waals surface area (Å²) in [6, 6.07) is 0. The van der Waals surface area contributed by atoms with Crippen LogP contribution >= 0.6 is 0 Å². The number of aromatic nitrogens is 5.